The van der Waals surface area contributed by atoms with Gasteiger partial charge in [0.05, 0.1) is 17.1 Å². The van der Waals surface area contributed by atoms with E-state index in [1.54, 1.807) is 6.33 Å². The fraction of sp³-hybridized carbons (Fsp3) is 0.308. The first-order valence-corrected chi connectivity index (χ1v) is 12.8. The summed E-state index contributed by atoms with van der Waals surface area (Å²) in [5.74, 6) is 0.652. The van der Waals surface area contributed by atoms with E-state index in [0.717, 1.165) is 53.0 Å². The lowest BCUT2D eigenvalue weighted by atomic mass is 9.94. The van der Waals surface area contributed by atoms with Crippen molar-refractivity contribution >= 4 is 39.9 Å². The highest BCUT2D eigenvalue weighted by molar-refractivity contribution is 7.16. The van der Waals surface area contributed by atoms with E-state index in [0.29, 0.717) is 15.6 Å². The van der Waals surface area contributed by atoms with Gasteiger partial charge >= 0.3 is 0 Å². The van der Waals surface area contributed by atoms with Crippen LogP contribution < -0.4 is 20.9 Å². The number of primary amides is 1. The lowest BCUT2D eigenvalue weighted by Gasteiger charge is -2.26. The second kappa shape index (κ2) is 9.89. The van der Waals surface area contributed by atoms with Crippen LogP contribution in [0.1, 0.15) is 53.9 Å². The van der Waals surface area contributed by atoms with Gasteiger partial charge in [-0.1, -0.05) is 29.8 Å². The zero-order chi connectivity index (χ0) is 24.5. The Labute approximate surface area is 212 Å². The van der Waals surface area contributed by atoms with E-state index in [1.807, 2.05) is 60.0 Å². The molecule has 2 aromatic carbocycles. The highest BCUT2D eigenvalue weighted by Crippen LogP contribution is 2.37. The minimum Gasteiger partial charge on any atom is -0.490 e. The number of hydrogen-bond donors (Lipinski definition) is 2. The van der Waals surface area contributed by atoms with Crippen molar-refractivity contribution in [1.29, 1.82) is 0 Å². The third kappa shape index (κ3) is 5.00. The highest BCUT2D eigenvalue weighted by Gasteiger charge is 2.22. The Hall–Kier alpha value is -3.07. The maximum Gasteiger partial charge on any atom is 0.262 e. The van der Waals surface area contributed by atoms with Crippen molar-refractivity contribution < 1.29 is 14.3 Å². The third-order valence-corrected chi connectivity index (χ3v) is 7.81. The Morgan fingerprint density at radius 2 is 1.94 bits per heavy atom. The van der Waals surface area contributed by atoms with Gasteiger partial charge in [-0.3, -0.25) is 9.36 Å². The predicted octanol–water partition coefficient (Wildman–Crippen LogP) is 5.63. The molecule has 182 valence electrons. The molecular weight excluding hydrogens is 484 g/mol. The quantitative estimate of drug-likeness (QED) is 0.335. The first-order chi connectivity index (χ1) is 16.9. The van der Waals surface area contributed by atoms with Gasteiger partial charge in [-0.15, -0.1) is 11.3 Å². The summed E-state index contributed by atoms with van der Waals surface area (Å²) >= 11 is 7.59. The fourth-order valence-electron chi connectivity index (χ4n) is 4.43. The molecule has 1 aliphatic carbocycles. The lowest BCUT2D eigenvalue weighted by molar-refractivity contribution is 0.0998. The number of fused-ring (bicyclic) bond motifs is 1. The number of ether oxygens (including phenoxy) is 2. The summed E-state index contributed by atoms with van der Waals surface area (Å²) in [7, 11) is 0. The number of hydrogen-bond acceptors (Lipinski definition) is 6. The van der Waals surface area contributed by atoms with E-state index in [4.69, 9.17) is 32.5 Å². The third-order valence-electron chi connectivity index (χ3n) is 6.33. The van der Waals surface area contributed by atoms with Crippen LogP contribution in [0.5, 0.6) is 11.5 Å². The van der Waals surface area contributed by atoms with E-state index < -0.39 is 5.91 Å². The summed E-state index contributed by atoms with van der Waals surface area (Å²) in [6.45, 7) is 1.89. The molecule has 0 spiro atoms. The number of thiophene rings is 1. The molecule has 9 heteroatoms. The molecule has 0 unspecified atom stereocenters. The molecule has 1 fully saturated rings. The van der Waals surface area contributed by atoms with Crippen LogP contribution in [0.25, 0.3) is 16.0 Å². The minimum absolute atomic E-state index is 0.165. The molecule has 7 nitrogen and oxygen atoms in total. The summed E-state index contributed by atoms with van der Waals surface area (Å²) in [4.78, 5) is 17.1. The van der Waals surface area contributed by atoms with Crippen LogP contribution in [0.3, 0.4) is 0 Å². The number of nitrogens with two attached hydrogens (primary N) is 2. The van der Waals surface area contributed by atoms with Crippen molar-refractivity contribution in [3.8, 4) is 16.5 Å². The summed E-state index contributed by atoms with van der Waals surface area (Å²) < 4.78 is 14.3. The normalized spacial score (nSPS) is 18.9. The zero-order valence-corrected chi connectivity index (χ0v) is 20.9. The molecule has 5 rings (SSSR count). The van der Waals surface area contributed by atoms with Gasteiger partial charge in [0.25, 0.3) is 5.91 Å². The molecular formula is C26H27ClN4O3S. The molecule has 0 radical (unpaired) electrons. The van der Waals surface area contributed by atoms with Crippen molar-refractivity contribution in [2.75, 3.05) is 0 Å². The SMILES string of the molecule is C[C@@H](Oc1cc(-n2cnc3ccc(OC4CCC(N)CC4)cc32)sc1C(N)=O)c1ccccc1Cl. The van der Waals surface area contributed by atoms with Gasteiger partial charge in [-0.25, -0.2) is 4.98 Å². The van der Waals surface area contributed by atoms with E-state index in [-0.39, 0.29) is 18.2 Å². The van der Waals surface area contributed by atoms with E-state index in [9.17, 15) is 4.79 Å². The second-order valence-electron chi connectivity index (χ2n) is 8.84. The van der Waals surface area contributed by atoms with Crippen molar-refractivity contribution in [1.82, 2.24) is 9.55 Å². The topological polar surface area (TPSA) is 105 Å². The average Bonchev–Trinajstić information content (AvgIpc) is 3.44. The lowest BCUT2D eigenvalue weighted by Crippen LogP contribution is -2.31. The molecule has 0 saturated heterocycles. The van der Waals surface area contributed by atoms with Crippen molar-refractivity contribution in [2.45, 2.75) is 50.9 Å². The van der Waals surface area contributed by atoms with Crippen LogP contribution >= 0.6 is 22.9 Å². The Morgan fingerprint density at radius 3 is 2.69 bits per heavy atom. The highest BCUT2D eigenvalue weighted by atomic mass is 35.5. The number of benzene rings is 2. The first kappa shape index (κ1) is 23.7. The standard InChI is InChI=1S/C26H27ClN4O3S/c1-15(19-4-2-3-5-20(19)27)33-23-13-24(35-25(23)26(29)32)31-14-30-21-11-10-18(12-22(21)31)34-17-8-6-16(28)7-9-17/h2-5,10-17H,6-9,28H2,1H3,(H2,29,32)/t15-,16?,17?/m1/s1. The van der Waals surface area contributed by atoms with Crippen molar-refractivity contribution in [2.24, 2.45) is 11.5 Å². The van der Waals surface area contributed by atoms with E-state index >= 15 is 0 Å². The van der Waals surface area contributed by atoms with Gasteiger partial charge in [-0.05, 0) is 50.8 Å². The molecule has 0 bridgehead atoms. The van der Waals surface area contributed by atoms with Crippen LogP contribution in [-0.2, 0) is 0 Å². The molecule has 1 aliphatic rings. The molecule has 2 aromatic heterocycles. The maximum absolute atomic E-state index is 12.2. The smallest absolute Gasteiger partial charge is 0.262 e. The molecule has 2 heterocycles. The van der Waals surface area contributed by atoms with Gasteiger partial charge < -0.3 is 20.9 Å². The number of imidazole rings is 1. The van der Waals surface area contributed by atoms with Crippen LogP contribution in [0.2, 0.25) is 5.02 Å². The van der Waals surface area contributed by atoms with Crippen molar-refractivity contribution in [3.63, 3.8) is 0 Å². The van der Waals surface area contributed by atoms with Crippen molar-refractivity contribution in [3.05, 3.63) is 70.3 Å². The van der Waals surface area contributed by atoms with Gasteiger partial charge in [0.15, 0.2) is 0 Å². The Kier molecular flexibility index (Phi) is 6.69. The van der Waals surface area contributed by atoms with Crippen LogP contribution in [0, 0.1) is 0 Å². The van der Waals surface area contributed by atoms with Gasteiger partial charge in [0.2, 0.25) is 0 Å². The summed E-state index contributed by atoms with van der Waals surface area (Å²) in [5, 5.41) is 1.37. The van der Waals surface area contributed by atoms with Gasteiger partial charge in [0, 0.05) is 28.8 Å². The van der Waals surface area contributed by atoms with Gasteiger partial charge in [0.1, 0.15) is 33.8 Å². The van der Waals surface area contributed by atoms with Crippen LogP contribution in [0.4, 0.5) is 0 Å². The minimum atomic E-state index is -0.549. The summed E-state index contributed by atoms with van der Waals surface area (Å²) in [6, 6.07) is 15.4. The number of nitrogens with zero attached hydrogens (tertiary/aromatic N) is 2. The number of carbonyl (C=O) groups is 1. The summed E-state index contributed by atoms with van der Waals surface area (Å²) in [6.07, 6.45) is 5.39. The Balaban J connectivity index is 1.44. The number of amides is 1. The number of rotatable bonds is 7. The maximum atomic E-state index is 12.2. The summed E-state index contributed by atoms with van der Waals surface area (Å²) in [5.41, 5.74) is 14.2. The molecule has 0 aliphatic heterocycles. The molecule has 4 N–H and O–H groups in total. The van der Waals surface area contributed by atoms with Crippen LogP contribution in [-0.4, -0.2) is 27.6 Å². The Morgan fingerprint density at radius 1 is 1.17 bits per heavy atom. The van der Waals surface area contributed by atoms with Crippen LogP contribution in [0.15, 0.2) is 54.9 Å². The number of aromatic nitrogens is 2. The predicted molar refractivity (Wildman–Crippen MR) is 139 cm³/mol. The molecule has 4 aromatic rings. The molecule has 1 amide bonds. The first-order valence-electron chi connectivity index (χ1n) is 11.6. The van der Waals surface area contributed by atoms with E-state index in [2.05, 4.69) is 4.98 Å². The molecule has 1 atom stereocenters. The molecule has 35 heavy (non-hydrogen) atoms. The Bertz CT molecular complexity index is 1360. The number of halogens is 1. The monoisotopic (exact) mass is 510 g/mol. The number of carbonyl (C=O) groups excluding carboxylic acids is 1. The van der Waals surface area contributed by atoms with E-state index in [1.165, 1.54) is 11.3 Å². The second-order valence-corrected chi connectivity index (χ2v) is 10.3. The van der Waals surface area contributed by atoms with Gasteiger partial charge in [-0.2, -0.15) is 0 Å². The zero-order valence-electron chi connectivity index (χ0n) is 19.3. The average molecular weight is 511 g/mol. The molecule has 1 saturated carbocycles. The fourth-order valence-corrected chi connectivity index (χ4v) is 5.65. The largest absolute Gasteiger partial charge is 0.490 e.